The molecule has 0 amide bonds. The maximum atomic E-state index is 2.76. The van der Waals surface area contributed by atoms with Gasteiger partial charge in [0, 0.05) is 31.5 Å². The first-order chi connectivity index (χ1) is 25.0. The maximum absolute atomic E-state index is 2.76. The van der Waals surface area contributed by atoms with Crippen LogP contribution in [0.15, 0.2) is 127 Å². The van der Waals surface area contributed by atoms with Crippen molar-refractivity contribution < 1.29 is 0 Å². The summed E-state index contributed by atoms with van der Waals surface area (Å²) in [6.07, 6.45) is 7.14. The Morgan fingerprint density at radius 1 is 0.569 bits per heavy atom. The summed E-state index contributed by atoms with van der Waals surface area (Å²) >= 11 is 1.99. The molecule has 1 aromatic heterocycles. The zero-order valence-electron chi connectivity index (χ0n) is 29.5. The fourth-order valence-electron chi connectivity index (χ4n) is 12.9. The van der Waals surface area contributed by atoms with Gasteiger partial charge in [0.2, 0.25) is 0 Å². The van der Waals surface area contributed by atoms with E-state index in [-0.39, 0.29) is 11.3 Å². The zero-order chi connectivity index (χ0) is 33.6. The third kappa shape index (κ3) is 3.71. The minimum atomic E-state index is -1.85. The van der Waals surface area contributed by atoms with E-state index in [2.05, 4.69) is 140 Å². The summed E-state index contributed by atoms with van der Waals surface area (Å²) in [5.74, 6) is 3.53. The van der Waals surface area contributed by atoms with Crippen LogP contribution in [0.3, 0.4) is 0 Å². The highest BCUT2D eigenvalue weighted by molar-refractivity contribution is 7.26. The molecule has 4 bridgehead atoms. The van der Waals surface area contributed by atoms with Crippen LogP contribution in [0.1, 0.15) is 65.8 Å². The summed E-state index contributed by atoms with van der Waals surface area (Å²) in [4.78, 5) is 0. The average molecular weight is 691 g/mol. The summed E-state index contributed by atoms with van der Waals surface area (Å²) in [5.41, 5.74) is 13.9. The molecule has 5 aliphatic carbocycles. The molecule has 51 heavy (non-hydrogen) atoms. The first kappa shape index (κ1) is 29.3. The minimum Gasteiger partial charge on any atom is -0.135 e. The lowest BCUT2D eigenvalue weighted by molar-refractivity contribution is -0.0399. The van der Waals surface area contributed by atoms with Crippen molar-refractivity contribution in [2.24, 2.45) is 23.7 Å². The SMILES string of the molecule is C[Si]1(C)c2ccccc2-c2c(C(c3ccc4c(c3)C3(c5ccccc5-4)C4CC5CC(C4)CC3C5)c3cccc4c3sc3ccccc34)cccc21. The molecule has 1 atom stereocenters. The van der Waals surface area contributed by atoms with Gasteiger partial charge < -0.3 is 0 Å². The topological polar surface area (TPSA) is 0 Å². The van der Waals surface area contributed by atoms with E-state index in [0.717, 1.165) is 23.7 Å². The lowest BCUT2D eigenvalue weighted by Gasteiger charge is -2.61. The van der Waals surface area contributed by atoms with Crippen LogP contribution in [-0.4, -0.2) is 8.07 Å². The van der Waals surface area contributed by atoms with Crippen molar-refractivity contribution in [2.75, 3.05) is 0 Å². The molecule has 4 fully saturated rings. The van der Waals surface area contributed by atoms with Crippen molar-refractivity contribution in [1.82, 2.24) is 0 Å². The second-order valence-electron chi connectivity index (χ2n) is 17.2. The van der Waals surface area contributed by atoms with E-state index in [1.54, 1.807) is 21.5 Å². The Balaban J connectivity index is 1.16. The fraction of sp³-hybridized carbons (Fsp3) is 0.265. The van der Waals surface area contributed by atoms with Crippen molar-refractivity contribution >= 4 is 50.0 Å². The first-order valence-electron chi connectivity index (χ1n) is 19.4. The van der Waals surface area contributed by atoms with Crippen LogP contribution in [0.2, 0.25) is 13.1 Å². The van der Waals surface area contributed by atoms with Gasteiger partial charge in [0.05, 0.1) is 0 Å². The molecule has 2 heteroatoms. The molecule has 1 unspecified atom stereocenters. The van der Waals surface area contributed by atoms with Gasteiger partial charge in [0.15, 0.2) is 0 Å². The molecule has 6 aliphatic rings. The summed E-state index contributed by atoms with van der Waals surface area (Å²) in [6.45, 7) is 5.12. The Bertz CT molecular complexity index is 2570. The monoisotopic (exact) mass is 690 g/mol. The largest absolute Gasteiger partial charge is 0.135 e. The van der Waals surface area contributed by atoms with E-state index >= 15 is 0 Å². The van der Waals surface area contributed by atoms with E-state index in [4.69, 9.17) is 0 Å². The van der Waals surface area contributed by atoms with E-state index in [9.17, 15) is 0 Å². The van der Waals surface area contributed by atoms with Crippen LogP contribution in [-0.2, 0) is 5.41 Å². The Hall–Kier alpha value is -4.24. The van der Waals surface area contributed by atoms with Gasteiger partial charge in [0.25, 0.3) is 0 Å². The quantitative estimate of drug-likeness (QED) is 0.128. The molecule has 6 aromatic carbocycles. The summed E-state index contributed by atoms with van der Waals surface area (Å²) in [6, 6.07) is 50.3. The van der Waals surface area contributed by atoms with Crippen molar-refractivity contribution in [3.63, 3.8) is 0 Å². The van der Waals surface area contributed by atoms with Crippen LogP contribution in [0.25, 0.3) is 42.4 Å². The van der Waals surface area contributed by atoms with Crippen LogP contribution in [0.4, 0.5) is 0 Å². The number of benzene rings is 6. The standard InChI is InChI=1S/C49H42SSi/c1-51(2)44-19-8-5-13-38(44)47-39(15-10-20-45(47)51)46(40-16-9-14-37-36-12-4-7-18-43(36)50-48(37)40)31-21-22-35-34-11-3-6-17-41(34)49(42(35)28-31)32-24-29-23-30(26-32)27-33(49)25-29/h3-22,28-30,32-33,46H,23-27H2,1-2H3. The number of rotatable bonds is 3. The average Bonchev–Trinajstić information content (AvgIpc) is 3.76. The minimum absolute atomic E-state index is 0.135. The Morgan fingerprint density at radius 2 is 1.22 bits per heavy atom. The molecule has 248 valence electrons. The smallest absolute Gasteiger partial charge is 0.113 e. The van der Waals surface area contributed by atoms with Crippen LogP contribution in [0.5, 0.6) is 0 Å². The number of hydrogen-bond donors (Lipinski definition) is 0. The molecular formula is C49H42SSi. The van der Waals surface area contributed by atoms with Crippen LogP contribution >= 0.6 is 11.3 Å². The second-order valence-corrected chi connectivity index (χ2v) is 22.6. The molecule has 13 rings (SSSR count). The van der Waals surface area contributed by atoms with E-state index in [1.165, 1.54) is 91.2 Å². The van der Waals surface area contributed by atoms with E-state index in [0.29, 0.717) is 0 Å². The van der Waals surface area contributed by atoms with Gasteiger partial charge in [-0.2, -0.15) is 0 Å². The summed E-state index contributed by atoms with van der Waals surface area (Å²) in [7, 11) is -1.85. The van der Waals surface area contributed by atoms with Crippen molar-refractivity contribution in [1.29, 1.82) is 0 Å². The molecule has 2 heterocycles. The van der Waals surface area contributed by atoms with Crippen molar-refractivity contribution in [3.8, 4) is 22.3 Å². The van der Waals surface area contributed by atoms with Crippen LogP contribution < -0.4 is 10.4 Å². The Kier molecular flexibility index (Phi) is 5.87. The highest BCUT2D eigenvalue weighted by Crippen LogP contribution is 2.69. The van der Waals surface area contributed by atoms with Crippen LogP contribution in [0, 0.1) is 23.7 Å². The second kappa shape index (κ2) is 10.2. The lowest BCUT2D eigenvalue weighted by atomic mass is 9.43. The van der Waals surface area contributed by atoms with Gasteiger partial charge in [-0.15, -0.1) is 11.3 Å². The number of hydrogen-bond acceptors (Lipinski definition) is 1. The van der Waals surface area contributed by atoms with Gasteiger partial charge in [-0.05, 0) is 122 Å². The third-order valence-corrected chi connectivity index (χ3v) is 19.4. The summed E-state index contributed by atoms with van der Waals surface area (Å²) < 4.78 is 2.82. The maximum Gasteiger partial charge on any atom is 0.113 e. The normalized spacial score (nSPS) is 26.4. The van der Waals surface area contributed by atoms with Gasteiger partial charge in [-0.25, -0.2) is 0 Å². The van der Waals surface area contributed by atoms with Gasteiger partial charge in [-0.3, -0.25) is 0 Å². The fourth-order valence-corrected chi connectivity index (χ4v) is 17.2. The molecular weight excluding hydrogens is 649 g/mol. The molecule has 1 aliphatic heterocycles. The predicted octanol–water partition coefficient (Wildman–Crippen LogP) is 11.8. The molecule has 4 saturated carbocycles. The summed E-state index contributed by atoms with van der Waals surface area (Å²) in [5, 5.41) is 5.96. The Labute approximate surface area is 306 Å². The van der Waals surface area contributed by atoms with Gasteiger partial charge in [-0.1, -0.05) is 134 Å². The third-order valence-electron chi connectivity index (χ3n) is 14.6. The van der Waals surface area contributed by atoms with Gasteiger partial charge >= 0.3 is 0 Å². The molecule has 0 N–H and O–H groups in total. The molecule has 1 spiro atoms. The highest BCUT2D eigenvalue weighted by atomic mass is 32.1. The van der Waals surface area contributed by atoms with Crippen molar-refractivity contribution in [2.45, 2.75) is 56.5 Å². The van der Waals surface area contributed by atoms with Crippen molar-refractivity contribution in [3.05, 3.63) is 155 Å². The highest BCUT2D eigenvalue weighted by Gasteiger charge is 2.61. The number of thiophene rings is 1. The Morgan fingerprint density at radius 3 is 2.06 bits per heavy atom. The molecule has 0 radical (unpaired) electrons. The van der Waals surface area contributed by atoms with E-state index < -0.39 is 8.07 Å². The van der Waals surface area contributed by atoms with E-state index in [1.807, 2.05) is 11.3 Å². The zero-order valence-corrected chi connectivity index (χ0v) is 31.3. The van der Waals surface area contributed by atoms with Gasteiger partial charge in [0.1, 0.15) is 8.07 Å². The molecule has 7 aromatic rings. The predicted molar refractivity (Wildman–Crippen MR) is 219 cm³/mol. The molecule has 0 saturated heterocycles. The first-order valence-corrected chi connectivity index (χ1v) is 23.2. The lowest BCUT2D eigenvalue weighted by Crippen LogP contribution is -2.55. The number of fused-ring (bicyclic) bond motifs is 9. The molecule has 0 nitrogen and oxygen atoms in total.